The van der Waals surface area contributed by atoms with Crippen molar-refractivity contribution in [3.05, 3.63) is 46.8 Å². The number of piperidine rings is 1. The summed E-state index contributed by atoms with van der Waals surface area (Å²) in [6, 6.07) is 5.50. The van der Waals surface area contributed by atoms with Crippen LogP contribution in [-0.2, 0) is 0 Å². The molecule has 3 aromatic rings. The lowest BCUT2D eigenvalue weighted by Gasteiger charge is -2.42. The van der Waals surface area contributed by atoms with Crippen molar-refractivity contribution in [3.63, 3.8) is 0 Å². The first-order chi connectivity index (χ1) is 14.8. The molecule has 2 aromatic heterocycles. The molecule has 1 aliphatic carbocycles. The highest BCUT2D eigenvalue weighted by atomic mass is 35.5. The summed E-state index contributed by atoms with van der Waals surface area (Å²) in [7, 11) is 0. The summed E-state index contributed by atoms with van der Waals surface area (Å²) >= 11 is 14.0. The van der Waals surface area contributed by atoms with Gasteiger partial charge in [-0.15, -0.1) is 0 Å². The summed E-state index contributed by atoms with van der Waals surface area (Å²) in [5.41, 5.74) is 5.94. The van der Waals surface area contributed by atoms with Crippen molar-refractivity contribution in [3.8, 4) is 0 Å². The van der Waals surface area contributed by atoms with Gasteiger partial charge in [0.05, 0.1) is 14.9 Å². The van der Waals surface area contributed by atoms with E-state index in [1.54, 1.807) is 19.2 Å². The smallest absolute Gasteiger partial charge is 0.211 e. The van der Waals surface area contributed by atoms with E-state index in [4.69, 9.17) is 33.9 Å². The second-order valence-electron chi connectivity index (χ2n) is 8.95. The van der Waals surface area contributed by atoms with Crippen LogP contribution in [0.3, 0.4) is 0 Å². The number of imidazole rings is 1. The van der Waals surface area contributed by atoms with Gasteiger partial charge in [0.1, 0.15) is 5.67 Å². The first-order valence-electron chi connectivity index (χ1n) is 10.4. The summed E-state index contributed by atoms with van der Waals surface area (Å²) in [6.45, 7) is 3.29. The van der Waals surface area contributed by atoms with E-state index < -0.39 is 5.67 Å². The average molecular weight is 480 g/mol. The minimum Gasteiger partial charge on any atom is -0.342 e. The number of hydrogen-bond acceptors (Lipinski definition) is 5. The number of alkyl halides is 1. The van der Waals surface area contributed by atoms with Crippen molar-refractivity contribution in [2.24, 2.45) is 11.1 Å². The largest absolute Gasteiger partial charge is 0.342 e. The third kappa shape index (κ3) is 3.80. The van der Waals surface area contributed by atoms with Gasteiger partial charge in [-0.1, -0.05) is 41.0 Å². The molecule has 3 heterocycles. The SMILES string of the molecule is CC1(F)C[C@@H](N)C2(CCN(c3ncc(Sc4cccc(Cl)c4Cl)c4nccn34)CC2)C1. The molecule has 5 rings (SSSR count). The van der Waals surface area contributed by atoms with Gasteiger partial charge in [0.25, 0.3) is 0 Å². The summed E-state index contributed by atoms with van der Waals surface area (Å²) < 4.78 is 16.6. The Morgan fingerprint density at radius 2 is 1.97 bits per heavy atom. The Morgan fingerprint density at radius 3 is 2.68 bits per heavy atom. The Kier molecular flexibility index (Phi) is 5.36. The number of fused-ring (bicyclic) bond motifs is 1. The summed E-state index contributed by atoms with van der Waals surface area (Å²) in [6.07, 6.45) is 8.29. The van der Waals surface area contributed by atoms with Crippen LogP contribution in [0, 0.1) is 5.41 Å². The second-order valence-corrected chi connectivity index (χ2v) is 10.8. The highest BCUT2D eigenvalue weighted by Crippen LogP contribution is 2.51. The van der Waals surface area contributed by atoms with Crippen LogP contribution in [0.25, 0.3) is 5.65 Å². The molecule has 0 amide bonds. The molecular weight excluding hydrogens is 456 g/mol. The minimum atomic E-state index is -1.15. The molecule has 2 fully saturated rings. The van der Waals surface area contributed by atoms with Crippen LogP contribution in [0.4, 0.5) is 10.3 Å². The molecule has 5 nitrogen and oxygen atoms in total. The molecule has 164 valence electrons. The zero-order chi connectivity index (χ0) is 21.8. The maximum atomic E-state index is 14.6. The van der Waals surface area contributed by atoms with Gasteiger partial charge >= 0.3 is 0 Å². The first-order valence-corrected chi connectivity index (χ1v) is 12.0. The quantitative estimate of drug-likeness (QED) is 0.527. The third-order valence-electron chi connectivity index (χ3n) is 6.70. The molecular formula is C22H24Cl2FN5S. The van der Waals surface area contributed by atoms with Crippen molar-refractivity contribution in [2.75, 3.05) is 18.0 Å². The third-order valence-corrected chi connectivity index (χ3v) is 8.70. The molecule has 1 aromatic carbocycles. The maximum Gasteiger partial charge on any atom is 0.211 e. The van der Waals surface area contributed by atoms with E-state index in [1.807, 2.05) is 28.9 Å². The Balaban J connectivity index is 1.40. The number of nitrogens with two attached hydrogens (primary N) is 1. The number of aromatic nitrogens is 3. The number of hydrogen-bond donors (Lipinski definition) is 1. The molecule has 1 saturated carbocycles. The van der Waals surface area contributed by atoms with Crippen molar-refractivity contribution in [1.29, 1.82) is 0 Å². The van der Waals surface area contributed by atoms with E-state index in [0.29, 0.717) is 22.9 Å². The van der Waals surface area contributed by atoms with E-state index in [1.165, 1.54) is 11.8 Å². The van der Waals surface area contributed by atoms with Crippen LogP contribution >= 0.6 is 35.0 Å². The number of benzene rings is 1. The van der Waals surface area contributed by atoms with Gasteiger partial charge in [0.15, 0.2) is 5.65 Å². The van der Waals surface area contributed by atoms with Crippen LogP contribution in [0.2, 0.25) is 10.0 Å². The highest BCUT2D eigenvalue weighted by Gasteiger charge is 2.52. The molecule has 0 bridgehead atoms. The molecule has 9 heteroatoms. The topological polar surface area (TPSA) is 59.5 Å². The molecule has 2 aliphatic rings. The maximum absolute atomic E-state index is 14.6. The average Bonchev–Trinajstić information content (AvgIpc) is 3.29. The Labute approximate surface area is 195 Å². The predicted molar refractivity (Wildman–Crippen MR) is 124 cm³/mol. The number of rotatable bonds is 3. The van der Waals surface area contributed by atoms with Crippen LogP contribution in [0.15, 0.2) is 46.6 Å². The summed E-state index contributed by atoms with van der Waals surface area (Å²) in [4.78, 5) is 13.3. The normalized spacial score (nSPS) is 25.6. The first kappa shape index (κ1) is 21.3. The lowest BCUT2D eigenvalue weighted by molar-refractivity contribution is 0.142. The van der Waals surface area contributed by atoms with Crippen LogP contribution < -0.4 is 10.6 Å². The highest BCUT2D eigenvalue weighted by molar-refractivity contribution is 7.99. The molecule has 1 spiro atoms. The molecule has 1 aliphatic heterocycles. The molecule has 0 radical (unpaired) electrons. The molecule has 2 N–H and O–H groups in total. The molecule has 1 saturated heterocycles. The van der Waals surface area contributed by atoms with Crippen molar-refractivity contribution in [2.45, 2.75) is 54.1 Å². The second kappa shape index (κ2) is 7.80. The monoisotopic (exact) mass is 479 g/mol. The number of halogens is 3. The Hall–Kier alpha value is -1.54. The molecule has 1 unspecified atom stereocenters. The zero-order valence-electron chi connectivity index (χ0n) is 17.2. The number of nitrogens with zero attached hydrogens (tertiary/aromatic N) is 4. The lowest BCUT2D eigenvalue weighted by atomic mass is 9.74. The fourth-order valence-corrected chi connectivity index (χ4v) is 6.59. The fraction of sp³-hybridized carbons (Fsp3) is 0.455. The lowest BCUT2D eigenvalue weighted by Crippen LogP contribution is -2.47. The fourth-order valence-electron chi connectivity index (χ4n) is 5.18. The van der Waals surface area contributed by atoms with Crippen molar-refractivity contribution >= 4 is 46.6 Å². The van der Waals surface area contributed by atoms with Gasteiger partial charge in [-0.05, 0) is 50.2 Å². The summed E-state index contributed by atoms with van der Waals surface area (Å²) in [5.74, 6) is 0.846. The van der Waals surface area contributed by atoms with E-state index in [9.17, 15) is 4.39 Å². The number of anilines is 1. The van der Waals surface area contributed by atoms with Crippen LogP contribution in [-0.4, -0.2) is 39.2 Å². The van der Waals surface area contributed by atoms with E-state index in [0.717, 1.165) is 47.3 Å². The van der Waals surface area contributed by atoms with Crippen molar-refractivity contribution in [1.82, 2.24) is 14.4 Å². The van der Waals surface area contributed by atoms with E-state index in [2.05, 4.69) is 9.88 Å². The van der Waals surface area contributed by atoms with Gasteiger partial charge in [0, 0.05) is 42.6 Å². The Bertz CT molecular complexity index is 1130. The van der Waals surface area contributed by atoms with Crippen molar-refractivity contribution < 1.29 is 4.39 Å². The molecule has 2 atom stereocenters. The summed E-state index contributed by atoms with van der Waals surface area (Å²) in [5, 5.41) is 1.05. The predicted octanol–water partition coefficient (Wildman–Crippen LogP) is 5.62. The van der Waals surface area contributed by atoms with Gasteiger partial charge in [-0.3, -0.25) is 4.40 Å². The van der Waals surface area contributed by atoms with Gasteiger partial charge < -0.3 is 10.6 Å². The molecule has 31 heavy (non-hydrogen) atoms. The van der Waals surface area contributed by atoms with Gasteiger partial charge in [0.2, 0.25) is 5.95 Å². The zero-order valence-corrected chi connectivity index (χ0v) is 19.5. The van der Waals surface area contributed by atoms with E-state index >= 15 is 0 Å². The van der Waals surface area contributed by atoms with E-state index in [-0.39, 0.29) is 11.5 Å². The van der Waals surface area contributed by atoms with Gasteiger partial charge in [-0.2, -0.15) is 0 Å². The minimum absolute atomic E-state index is 0.0768. The van der Waals surface area contributed by atoms with Crippen LogP contribution in [0.5, 0.6) is 0 Å². The standard InChI is InChI=1S/C22H24Cl2FN5S/c1-21(25)11-17(26)22(13-21)5-8-29(9-6-22)20-28-12-16(19-27-7-10-30(19)20)31-15-4-2-3-14(23)18(15)24/h2-4,7,10,12,17H,5-6,8-9,11,13,26H2,1H3/t17-,21?/m1/s1. The van der Waals surface area contributed by atoms with Gasteiger partial charge in [-0.25, -0.2) is 14.4 Å². The Morgan fingerprint density at radius 1 is 1.19 bits per heavy atom. The van der Waals surface area contributed by atoms with Crippen LogP contribution in [0.1, 0.15) is 32.6 Å².